The molecule has 2 aromatic carbocycles. The number of nitro benzene ring substituents is 1. The summed E-state index contributed by atoms with van der Waals surface area (Å²) in [5, 5.41) is 19.8. The number of hydrogen-bond acceptors (Lipinski definition) is 6. The highest BCUT2D eigenvalue weighted by Gasteiger charge is 2.32. The van der Waals surface area contributed by atoms with Gasteiger partial charge in [0.05, 0.1) is 15.8 Å². The zero-order valence-electron chi connectivity index (χ0n) is 19.4. The maximum atomic E-state index is 15.7. The van der Waals surface area contributed by atoms with Crippen molar-refractivity contribution < 1.29 is 28.4 Å². The molecule has 1 N–H and O–H groups in total. The fraction of sp³-hybridized carbons (Fsp3) is 0.292. The van der Waals surface area contributed by atoms with Crippen LogP contribution in [0.4, 0.5) is 20.2 Å². The van der Waals surface area contributed by atoms with Gasteiger partial charge >= 0.3 is 5.97 Å². The summed E-state index contributed by atoms with van der Waals surface area (Å²) in [6, 6.07) is 5.58. The van der Waals surface area contributed by atoms with Crippen LogP contribution in [0.5, 0.6) is 0 Å². The molecule has 12 heteroatoms. The normalized spacial score (nSPS) is 15.8. The number of rotatable bonds is 5. The summed E-state index contributed by atoms with van der Waals surface area (Å²) in [5.74, 6) is -3.85. The quantitative estimate of drug-likeness (QED) is 0.421. The molecule has 1 aliphatic rings. The van der Waals surface area contributed by atoms with Crippen molar-refractivity contribution in [3.8, 4) is 0 Å². The standard InChI is InChI=1S/C24H22F2N4O6/c1-3-27-12-17(24(33)34)22(31)16-10-18(25)21(19(26)20(16)27)28-8-9-29(13(2)11-28)23(32)14-4-6-15(7-5-14)30(35)36/h4-7,10,12-13H,3,8-9,11H2,1-2H3,(H,33,34). The van der Waals surface area contributed by atoms with E-state index >= 15 is 8.78 Å². The molecule has 1 atom stereocenters. The molecule has 1 aliphatic heterocycles. The Morgan fingerprint density at radius 1 is 1.19 bits per heavy atom. The molecule has 1 aromatic heterocycles. The molecule has 188 valence electrons. The third-order valence-corrected chi connectivity index (χ3v) is 6.33. The second-order valence-corrected chi connectivity index (χ2v) is 8.48. The number of aryl methyl sites for hydroxylation is 1. The number of nitro groups is 1. The minimum absolute atomic E-state index is 0.0850. The molecule has 0 bridgehead atoms. The minimum Gasteiger partial charge on any atom is -0.477 e. The summed E-state index contributed by atoms with van der Waals surface area (Å²) in [6.07, 6.45) is 1.04. The Morgan fingerprint density at radius 3 is 2.42 bits per heavy atom. The van der Waals surface area contributed by atoms with E-state index in [-0.39, 0.29) is 59.9 Å². The number of amides is 1. The van der Waals surface area contributed by atoms with Crippen LogP contribution in [0.1, 0.15) is 34.6 Å². The van der Waals surface area contributed by atoms with Gasteiger partial charge in [0, 0.05) is 56.1 Å². The predicted molar refractivity (Wildman–Crippen MR) is 127 cm³/mol. The number of halogens is 2. The number of non-ortho nitro benzene ring substituents is 1. The van der Waals surface area contributed by atoms with Crippen molar-refractivity contribution >= 4 is 34.2 Å². The van der Waals surface area contributed by atoms with E-state index in [0.717, 1.165) is 12.3 Å². The molecule has 2 heterocycles. The van der Waals surface area contributed by atoms with Gasteiger partial charge in [-0.25, -0.2) is 13.6 Å². The summed E-state index contributed by atoms with van der Waals surface area (Å²) in [6.45, 7) is 3.81. The largest absolute Gasteiger partial charge is 0.477 e. The van der Waals surface area contributed by atoms with Gasteiger partial charge in [0.2, 0.25) is 5.43 Å². The number of carbonyl (C=O) groups is 2. The Kier molecular flexibility index (Phi) is 6.44. The summed E-state index contributed by atoms with van der Waals surface area (Å²) in [4.78, 5) is 50.2. The first-order chi connectivity index (χ1) is 17.0. The molecule has 0 saturated carbocycles. The molecule has 1 saturated heterocycles. The molecule has 10 nitrogen and oxygen atoms in total. The summed E-state index contributed by atoms with van der Waals surface area (Å²) >= 11 is 0. The molecule has 4 rings (SSSR count). The van der Waals surface area contributed by atoms with Crippen molar-refractivity contribution in [3.05, 3.63) is 79.6 Å². The van der Waals surface area contributed by atoms with Crippen LogP contribution in [0.25, 0.3) is 10.9 Å². The Balaban J connectivity index is 1.66. The van der Waals surface area contributed by atoms with E-state index in [9.17, 15) is 29.6 Å². The number of hydrogen-bond donors (Lipinski definition) is 1. The highest BCUT2D eigenvalue weighted by atomic mass is 19.1. The van der Waals surface area contributed by atoms with Crippen molar-refractivity contribution in [2.45, 2.75) is 26.4 Å². The number of benzene rings is 2. The van der Waals surface area contributed by atoms with Gasteiger partial charge in [-0.15, -0.1) is 0 Å². The van der Waals surface area contributed by atoms with Crippen molar-refractivity contribution in [3.63, 3.8) is 0 Å². The number of carbonyl (C=O) groups excluding carboxylic acids is 1. The first kappa shape index (κ1) is 24.8. The minimum atomic E-state index is -1.49. The van der Waals surface area contributed by atoms with Crippen LogP contribution in [0.2, 0.25) is 0 Å². The van der Waals surface area contributed by atoms with Gasteiger partial charge in [0.1, 0.15) is 17.1 Å². The van der Waals surface area contributed by atoms with Gasteiger partial charge < -0.3 is 19.5 Å². The van der Waals surface area contributed by atoms with Crippen LogP contribution in [0.15, 0.2) is 41.3 Å². The first-order valence-electron chi connectivity index (χ1n) is 11.1. The van der Waals surface area contributed by atoms with Crippen LogP contribution in [-0.4, -0.2) is 57.0 Å². The average Bonchev–Trinajstić information content (AvgIpc) is 2.84. The Morgan fingerprint density at radius 2 is 1.86 bits per heavy atom. The topological polar surface area (TPSA) is 126 Å². The van der Waals surface area contributed by atoms with Gasteiger partial charge in [-0.2, -0.15) is 0 Å². The number of aromatic carboxylic acids is 1. The van der Waals surface area contributed by atoms with Gasteiger partial charge in [-0.3, -0.25) is 19.7 Å². The predicted octanol–water partition coefficient (Wildman–Crippen LogP) is 3.26. The molecule has 3 aromatic rings. The maximum absolute atomic E-state index is 15.7. The van der Waals surface area contributed by atoms with Crippen LogP contribution >= 0.6 is 0 Å². The number of nitrogens with zero attached hydrogens (tertiary/aromatic N) is 4. The number of piperazine rings is 1. The zero-order chi connectivity index (χ0) is 26.3. The fourth-order valence-electron chi connectivity index (χ4n) is 4.52. The van der Waals surface area contributed by atoms with Gasteiger partial charge in [0.25, 0.3) is 11.6 Å². The van der Waals surface area contributed by atoms with Crippen molar-refractivity contribution in [2.75, 3.05) is 24.5 Å². The highest BCUT2D eigenvalue weighted by molar-refractivity contribution is 5.95. The number of anilines is 1. The smallest absolute Gasteiger partial charge is 0.341 e. The monoisotopic (exact) mass is 500 g/mol. The van der Waals surface area contributed by atoms with E-state index in [4.69, 9.17) is 0 Å². The third kappa shape index (κ3) is 4.14. The maximum Gasteiger partial charge on any atom is 0.341 e. The van der Waals surface area contributed by atoms with Gasteiger partial charge in [0.15, 0.2) is 5.82 Å². The number of pyridine rings is 1. The summed E-state index contributed by atoms with van der Waals surface area (Å²) in [5.41, 5.74) is -2.00. The lowest BCUT2D eigenvalue weighted by molar-refractivity contribution is -0.384. The second-order valence-electron chi connectivity index (χ2n) is 8.48. The molecule has 1 unspecified atom stereocenters. The van der Waals surface area contributed by atoms with Crippen LogP contribution < -0.4 is 10.3 Å². The lowest BCUT2D eigenvalue weighted by Gasteiger charge is -2.41. The Labute approximate surface area is 203 Å². The van der Waals surface area contributed by atoms with Crippen LogP contribution in [0, 0.1) is 21.7 Å². The lowest BCUT2D eigenvalue weighted by Crippen LogP contribution is -2.54. The Bertz CT molecular complexity index is 1450. The van der Waals surface area contributed by atoms with Crippen molar-refractivity contribution in [1.82, 2.24) is 9.47 Å². The molecule has 36 heavy (non-hydrogen) atoms. The Hall–Kier alpha value is -4.35. The van der Waals surface area contributed by atoms with E-state index in [0.29, 0.717) is 0 Å². The number of aromatic nitrogens is 1. The number of carboxylic acids is 1. The average molecular weight is 500 g/mol. The molecule has 1 fully saturated rings. The van der Waals surface area contributed by atoms with E-state index in [2.05, 4.69) is 0 Å². The molecule has 0 aliphatic carbocycles. The summed E-state index contributed by atoms with van der Waals surface area (Å²) in [7, 11) is 0. The molecule has 0 radical (unpaired) electrons. The van der Waals surface area contributed by atoms with E-state index in [1.807, 2.05) is 0 Å². The molecular formula is C24H22F2N4O6. The lowest BCUT2D eigenvalue weighted by atomic mass is 10.1. The third-order valence-electron chi connectivity index (χ3n) is 6.33. The van der Waals surface area contributed by atoms with E-state index in [1.54, 1.807) is 13.8 Å². The van der Waals surface area contributed by atoms with E-state index in [1.165, 1.54) is 38.6 Å². The number of carboxylic acid groups (broad SMARTS) is 1. The van der Waals surface area contributed by atoms with Gasteiger partial charge in [-0.05, 0) is 32.0 Å². The fourth-order valence-corrected chi connectivity index (χ4v) is 4.52. The van der Waals surface area contributed by atoms with E-state index < -0.39 is 39.6 Å². The molecular weight excluding hydrogens is 478 g/mol. The van der Waals surface area contributed by atoms with Crippen LogP contribution in [0.3, 0.4) is 0 Å². The van der Waals surface area contributed by atoms with Gasteiger partial charge in [-0.1, -0.05) is 0 Å². The highest BCUT2D eigenvalue weighted by Crippen LogP contribution is 2.32. The number of fused-ring (bicyclic) bond motifs is 1. The van der Waals surface area contributed by atoms with Crippen molar-refractivity contribution in [1.29, 1.82) is 0 Å². The zero-order valence-corrected chi connectivity index (χ0v) is 19.4. The van der Waals surface area contributed by atoms with Crippen molar-refractivity contribution in [2.24, 2.45) is 0 Å². The summed E-state index contributed by atoms with van der Waals surface area (Å²) < 4.78 is 32.1. The van der Waals surface area contributed by atoms with Crippen LogP contribution in [-0.2, 0) is 6.54 Å². The first-order valence-corrected chi connectivity index (χ1v) is 11.1. The molecule has 0 spiro atoms. The SMILES string of the molecule is CCn1cc(C(=O)O)c(=O)c2cc(F)c(N3CCN(C(=O)c4ccc([N+](=O)[O-])cc4)C(C)C3)c(F)c21. The molecule has 1 amide bonds. The second kappa shape index (κ2) is 9.36.